The molecule has 5 unspecified atom stereocenters. The summed E-state index contributed by atoms with van der Waals surface area (Å²) in [5, 5.41) is 3.62. The van der Waals surface area contributed by atoms with E-state index in [0.29, 0.717) is 0 Å². The van der Waals surface area contributed by atoms with Gasteiger partial charge in [0.25, 0.3) is 0 Å². The Morgan fingerprint density at radius 3 is 2.61 bits per heavy atom. The Hall–Kier alpha value is -4.22. The molecule has 1 fully saturated rings. The van der Waals surface area contributed by atoms with Crippen molar-refractivity contribution in [1.29, 1.82) is 0 Å². The topological polar surface area (TPSA) is 55.2 Å². The summed E-state index contributed by atoms with van der Waals surface area (Å²) in [5.74, 6) is 4.08. The fourth-order valence-electron chi connectivity index (χ4n) is 7.04. The van der Waals surface area contributed by atoms with Crippen LogP contribution in [-0.4, -0.2) is 23.9 Å². The van der Waals surface area contributed by atoms with Crippen LogP contribution >= 0.6 is 0 Å². The summed E-state index contributed by atoms with van der Waals surface area (Å²) in [7, 11) is 0. The van der Waals surface area contributed by atoms with Gasteiger partial charge in [0.05, 0.1) is 12.2 Å². The van der Waals surface area contributed by atoms with Gasteiger partial charge in [-0.1, -0.05) is 105 Å². The minimum Gasteiger partial charge on any atom is -0.461 e. The second-order valence-corrected chi connectivity index (χ2v) is 12.1. The van der Waals surface area contributed by atoms with E-state index in [1.165, 1.54) is 11.1 Å². The molecule has 0 aromatic heterocycles. The lowest BCUT2D eigenvalue weighted by Gasteiger charge is -2.49. The zero-order valence-corrected chi connectivity index (χ0v) is 23.3. The molecule has 3 heterocycles. The molecule has 3 aliphatic heterocycles. The number of ether oxygens (including phenoxy) is 2. The number of rotatable bonds is 3. The first-order chi connectivity index (χ1) is 20.0. The molecule has 2 aromatic rings. The van der Waals surface area contributed by atoms with Gasteiger partial charge in [-0.2, -0.15) is 0 Å². The summed E-state index contributed by atoms with van der Waals surface area (Å²) in [6.45, 7) is 4.70. The summed E-state index contributed by atoms with van der Waals surface area (Å²) in [6, 6.07) is 18.7. The quantitative estimate of drug-likeness (QED) is 0.446. The Kier molecular flexibility index (Phi) is 5.64. The summed E-state index contributed by atoms with van der Waals surface area (Å²) in [6.07, 6.45) is 19.5. The third kappa shape index (κ3) is 4.10. The highest BCUT2D eigenvalue weighted by atomic mass is 16.5. The van der Waals surface area contributed by atoms with E-state index in [9.17, 15) is 0 Å². The fraction of sp³-hybridized carbons (Fsp3) is 0.278. The lowest BCUT2D eigenvalue weighted by atomic mass is 9.64. The van der Waals surface area contributed by atoms with Gasteiger partial charge in [0.2, 0.25) is 0 Å². The number of hydrogen-bond donors (Lipinski definition) is 1. The van der Waals surface area contributed by atoms with Gasteiger partial charge in [-0.25, -0.2) is 9.98 Å². The number of nitrogens with zero attached hydrogens (tertiary/aromatic N) is 2. The lowest BCUT2D eigenvalue weighted by molar-refractivity contribution is -0.0568. The number of aliphatic imine (C=N–C) groups is 2. The van der Waals surface area contributed by atoms with Gasteiger partial charge in [0.15, 0.2) is 6.17 Å². The standard InChI is InChI=1S/C36H33N3O2/c1-36(2)27-13-7-9-15-30(27)41-31-19-17-23(20-28(31)36)34-37-33(22-10-4-3-5-11-22)38-35(39-34)24-16-18-26-25-12-6-8-14-29(25)40-32(26)21-24/h3-14,16-17,19-21,26,28,30-31,33H,15,18H2,1-2H3,(H,37,38,39). The van der Waals surface area contributed by atoms with Crippen LogP contribution in [-0.2, 0) is 4.74 Å². The highest BCUT2D eigenvalue weighted by Crippen LogP contribution is 2.50. The number of fused-ring (bicyclic) bond motifs is 5. The van der Waals surface area contributed by atoms with Crippen molar-refractivity contribution in [3.8, 4) is 5.75 Å². The van der Waals surface area contributed by atoms with Crippen molar-refractivity contribution in [3.05, 3.63) is 137 Å². The average Bonchev–Trinajstić information content (AvgIpc) is 3.39. The number of hydrogen-bond acceptors (Lipinski definition) is 5. The maximum Gasteiger partial charge on any atom is 0.169 e. The van der Waals surface area contributed by atoms with Crippen LogP contribution in [0.25, 0.3) is 0 Å². The summed E-state index contributed by atoms with van der Waals surface area (Å²) < 4.78 is 12.8. The third-order valence-corrected chi connectivity index (χ3v) is 9.31. The Bertz CT molecular complexity index is 1670. The third-order valence-electron chi connectivity index (χ3n) is 9.31. The SMILES string of the molecule is CC1(C)C2=CC=CCC2OC2C=CC(C3=NC(c4ccccc4)N=C(C4=CCC5C(=C4)Oc4ccccc45)N3)=CC21. The van der Waals surface area contributed by atoms with E-state index in [1.54, 1.807) is 0 Å². The summed E-state index contributed by atoms with van der Waals surface area (Å²) in [5.41, 5.74) is 5.79. The van der Waals surface area contributed by atoms with Crippen molar-refractivity contribution in [3.63, 3.8) is 0 Å². The number of nitrogens with one attached hydrogen (secondary N) is 1. The second kappa shape index (κ2) is 9.42. The molecule has 6 aliphatic rings. The Morgan fingerprint density at radius 1 is 0.927 bits per heavy atom. The maximum absolute atomic E-state index is 6.57. The molecule has 5 nitrogen and oxygen atoms in total. The molecule has 0 bridgehead atoms. The van der Waals surface area contributed by atoms with Crippen LogP contribution in [0.5, 0.6) is 5.75 Å². The van der Waals surface area contributed by atoms with Gasteiger partial charge in [0.1, 0.15) is 23.2 Å². The number of benzene rings is 2. The molecule has 1 saturated heterocycles. The first kappa shape index (κ1) is 24.6. The average molecular weight is 540 g/mol. The molecular weight excluding hydrogens is 506 g/mol. The van der Waals surface area contributed by atoms with Gasteiger partial charge in [-0.3, -0.25) is 0 Å². The molecule has 5 heteroatoms. The van der Waals surface area contributed by atoms with Crippen molar-refractivity contribution in [2.24, 2.45) is 21.3 Å². The maximum atomic E-state index is 6.57. The lowest BCUT2D eigenvalue weighted by Crippen LogP contribution is -2.48. The molecule has 5 atom stereocenters. The number of para-hydroxylation sites is 1. The van der Waals surface area contributed by atoms with Crippen LogP contribution in [0.3, 0.4) is 0 Å². The molecule has 41 heavy (non-hydrogen) atoms. The van der Waals surface area contributed by atoms with Gasteiger partial charge in [-0.05, 0) is 41.5 Å². The molecule has 0 radical (unpaired) electrons. The van der Waals surface area contributed by atoms with E-state index in [0.717, 1.165) is 52.7 Å². The Balaban J connectivity index is 1.14. The van der Waals surface area contributed by atoms with Gasteiger partial charge in [0, 0.05) is 28.5 Å². The van der Waals surface area contributed by atoms with Crippen molar-refractivity contribution in [1.82, 2.24) is 5.32 Å². The van der Waals surface area contributed by atoms with Crippen molar-refractivity contribution in [2.75, 3.05) is 0 Å². The summed E-state index contributed by atoms with van der Waals surface area (Å²) >= 11 is 0. The van der Waals surface area contributed by atoms with E-state index in [2.05, 4.69) is 92.0 Å². The number of allylic oxidation sites excluding steroid dienone is 4. The van der Waals surface area contributed by atoms with Crippen LogP contribution in [0.2, 0.25) is 0 Å². The van der Waals surface area contributed by atoms with E-state index in [4.69, 9.17) is 19.5 Å². The largest absolute Gasteiger partial charge is 0.461 e. The molecule has 2 aromatic carbocycles. The van der Waals surface area contributed by atoms with E-state index >= 15 is 0 Å². The molecule has 0 spiro atoms. The van der Waals surface area contributed by atoms with Crippen LogP contribution in [0, 0.1) is 11.3 Å². The number of amidine groups is 2. The van der Waals surface area contributed by atoms with Crippen LogP contribution in [0.1, 0.15) is 49.9 Å². The Labute approximate surface area is 241 Å². The molecular formula is C36H33N3O2. The predicted octanol–water partition coefficient (Wildman–Crippen LogP) is 7.27. The molecule has 3 aliphatic carbocycles. The van der Waals surface area contributed by atoms with Gasteiger partial charge >= 0.3 is 0 Å². The molecule has 204 valence electrons. The minimum absolute atomic E-state index is 0.0283. The van der Waals surface area contributed by atoms with E-state index < -0.39 is 0 Å². The molecule has 8 rings (SSSR count). The normalized spacial score (nSPS) is 30.4. The van der Waals surface area contributed by atoms with Gasteiger partial charge < -0.3 is 14.8 Å². The first-order valence-electron chi connectivity index (χ1n) is 14.6. The van der Waals surface area contributed by atoms with Crippen molar-refractivity contribution in [2.45, 2.75) is 51.0 Å². The molecule has 1 N–H and O–H groups in total. The summed E-state index contributed by atoms with van der Waals surface area (Å²) in [4.78, 5) is 10.2. The Morgan fingerprint density at radius 2 is 1.73 bits per heavy atom. The van der Waals surface area contributed by atoms with Crippen LogP contribution in [0.15, 0.2) is 136 Å². The highest BCUT2D eigenvalue weighted by Gasteiger charge is 2.46. The van der Waals surface area contributed by atoms with Gasteiger partial charge in [-0.15, -0.1) is 0 Å². The zero-order valence-electron chi connectivity index (χ0n) is 23.3. The van der Waals surface area contributed by atoms with E-state index in [-0.39, 0.29) is 35.6 Å². The predicted molar refractivity (Wildman–Crippen MR) is 163 cm³/mol. The highest BCUT2D eigenvalue weighted by molar-refractivity contribution is 6.17. The van der Waals surface area contributed by atoms with Crippen LogP contribution < -0.4 is 10.1 Å². The fourth-order valence-corrected chi connectivity index (χ4v) is 7.04. The monoisotopic (exact) mass is 539 g/mol. The minimum atomic E-state index is -0.334. The molecule has 0 saturated carbocycles. The second-order valence-electron chi connectivity index (χ2n) is 12.1. The van der Waals surface area contributed by atoms with Crippen molar-refractivity contribution >= 4 is 11.7 Å². The zero-order chi connectivity index (χ0) is 27.6. The van der Waals surface area contributed by atoms with Crippen LogP contribution in [0.4, 0.5) is 0 Å². The van der Waals surface area contributed by atoms with Crippen molar-refractivity contribution < 1.29 is 9.47 Å². The first-order valence-corrected chi connectivity index (χ1v) is 14.6. The van der Waals surface area contributed by atoms with E-state index in [1.807, 2.05) is 30.3 Å². The smallest absolute Gasteiger partial charge is 0.169 e. The molecule has 0 amide bonds.